The highest BCUT2D eigenvalue weighted by molar-refractivity contribution is 7.89. The Balaban J connectivity index is 1.80. The number of nitrogens with one attached hydrogen (secondary N) is 1. The van der Waals surface area contributed by atoms with Gasteiger partial charge in [0.2, 0.25) is 10.0 Å². The first-order valence-electron chi connectivity index (χ1n) is 9.79. The van der Waals surface area contributed by atoms with E-state index in [-0.39, 0.29) is 22.6 Å². The van der Waals surface area contributed by atoms with E-state index >= 15 is 0 Å². The van der Waals surface area contributed by atoms with Gasteiger partial charge in [0.25, 0.3) is 5.91 Å². The van der Waals surface area contributed by atoms with Crippen molar-refractivity contribution in [2.45, 2.75) is 38.6 Å². The highest BCUT2D eigenvalue weighted by Crippen LogP contribution is 2.31. The van der Waals surface area contributed by atoms with Crippen molar-refractivity contribution in [3.8, 4) is 0 Å². The van der Waals surface area contributed by atoms with Crippen LogP contribution in [0.25, 0.3) is 11.0 Å². The minimum Gasteiger partial charge on any atom is -0.449 e. The Kier molecular flexibility index (Phi) is 6.55. The fourth-order valence-electron chi connectivity index (χ4n) is 3.41. The number of para-hydroxylation sites is 1. The van der Waals surface area contributed by atoms with Crippen LogP contribution in [0.5, 0.6) is 0 Å². The minimum absolute atomic E-state index is 0.214. The summed E-state index contributed by atoms with van der Waals surface area (Å²) in [5.41, 5.74) is 1.99. The van der Waals surface area contributed by atoms with E-state index in [1.54, 1.807) is 44.2 Å². The van der Waals surface area contributed by atoms with E-state index in [0.717, 1.165) is 16.5 Å². The van der Waals surface area contributed by atoms with Crippen LogP contribution in [-0.4, -0.2) is 31.7 Å². The molecule has 0 saturated heterocycles. The van der Waals surface area contributed by atoms with Gasteiger partial charge >= 0.3 is 0 Å². The lowest BCUT2D eigenvalue weighted by atomic mass is 10.1. The highest BCUT2D eigenvalue weighted by Gasteiger charge is 2.23. The van der Waals surface area contributed by atoms with Gasteiger partial charge in [0.15, 0.2) is 11.3 Å². The van der Waals surface area contributed by atoms with Gasteiger partial charge in [-0.25, -0.2) is 8.42 Å². The number of amides is 1. The van der Waals surface area contributed by atoms with E-state index in [2.05, 4.69) is 5.32 Å². The number of rotatable bonds is 7. The molecule has 1 aromatic heterocycles. The molecule has 0 fully saturated rings. The second-order valence-corrected chi connectivity index (χ2v) is 9.37. The first-order valence-corrected chi connectivity index (χ1v) is 11.6. The third-order valence-corrected chi connectivity index (χ3v) is 7.55. The fourth-order valence-corrected chi connectivity index (χ4v) is 5.08. The lowest BCUT2D eigenvalue weighted by Gasteiger charge is -2.19. The van der Waals surface area contributed by atoms with Gasteiger partial charge in [-0.3, -0.25) is 4.79 Å². The van der Waals surface area contributed by atoms with Crippen LogP contribution in [0, 0.1) is 6.92 Å². The molecule has 3 rings (SSSR count). The van der Waals surface area contributed by atoms with Gasteiger partial charge in [0, 0.05) is 24.0 Å². The van der Waals surface area contributed by atoms with Crippen molar-refractivity contribution < 1.29 is 17.6 Å². The molecule has 0 saturated carbocycles. The molecule has 1 heterocycles. The highest BCUT2D eigenvalue weighted by atomic mass is 35.5. The Hall–Kier alpha value is -2.35. The Morgan fingerprint density at radius 2 is 1.77 bits per heavy atom. The molecule has 160 valence electrons. The van der Waals surface area contributed by atoms with Crippen LogP contribution >= 0.6 is 11.6 Å². The number of halogens is 1. The molecule has 0 spiro atoms. The second-order valence-electron chi connectivity index (χ2n) is 7.03. The van der Waals surface area contributed by atoms with Crippen molar-refractivity contribution in [1.29, 1.82) is 0 Å². The average Bonchev–Trinajstić information content (AvgIpc) is 3.07. The number of hydrogen-bond donors (Lipinski definition) is 1. The number of carbonyl (C=O) groups excluding carboxylic acids is 1. The predicted molar refractivity (Wildman–Crippen MR) is 118 cm³/mol. The molecule has 1 unspecified atom stereocenters. The summed E-state index contributed by atoms with van der Waals surface area (Å²) in [7, 11) is -3.52. The van der Waals surface area contributed by atoms with E-state index in [0.29, 0.717) is 23.7 Å². The van der Waals surface area contributed by atoms with Crippen molar-refractivity contribution in [3.63, 3.8) is 0 Å². The van der Waals surface area contributed by atoms with E-state index in [1.165, 1.54) is 4.31 Å². The molecule has 0 bridgehead atoms. The van der Waals surface area contributed by atoms with E-state index in [9.17, 15) is 13.2 Å². The summed E-state index contributed by atoms with van der Waals surface area (Å²) in [6.07, 6.45) is 0. The Morgan fingerprint density at radius 3 is 2.33 bits per heavy atom. The number of benzene rings is 2. The second kappa shape index (κ2) is 8.79. The zero-order valence-electron chi connectivity index (χ0n) is 17.4. The summed E-state index contributed by atoms with van der Waals surface area (Å²) in [4.78, 5) is 13.0. The number of fused-ring (bicyclic) bond motifs is 1. The van der Waals surface area contributed by atoms with Crippen molar-refractivity contribution >= 4 is 38.5 Å². The van der Waals surface area contributed by atoms with Crippen LogP contribution in [0.15, 0.2) is 51.8 Å². The van der Waals surface area contributed by atoms with Gasteiger partial charge in [-0.15, -0.1) is 0 Å². The summed E-state index contributed by atoms with van der Waals surface area (Å²) in [6, 6.07) is 11.6. The van der Waals surface area contributed by atoms with Crippen molar-refractivity contribution in [1.82, 2.24) is 9.62 Å². The van der Waals surface area contributed by atoms with E-state index < -0.39 is 10.0 Å². The first kappa shape index (κ1) is 22.3. The maximum absolute atomic E-state index is 12.8. The molecule has 0 aliphatic heterocycles. The van der Waals surface area contributed by atoms with Crippen LogP contribution in [0.2, 0.25) is 5.02 Å². The van der Waals surface area contributed by atoms with Gasteiger partial charge < -0.3 is 9.73 Å². The molecule has 8 heteroatoms. The molecular weight excluding hydrogens is 424 g/mol. The number of nitrogens with zero attached hydrogens (tertiary/aromatic N) is 1. The molecule has 30 heavy (non-hydrogen) atoms. The monoisotopic (exact) mass is 448 g/mol. The first-order chi connectivity index (χ1) is 14.2. The molecule has 2 aromatic carbocycles. The SMILES string of the molecule is CCN(CC)S(=O)(=O)c1ccc(C(C)NC(=O)c2oc3c(Cl)cccc3c2C)cc1. The number of aryl methyl sites for hydroxylation is 1. The summed E-state index contributed by atoms with van der Waals surface area (Å²) in [6.45, 7) is 8.08. The predicted octanol–water partition coefficient (Wildman–Crippen LogP) is 4.92. The Bertz CT molecular complexity index is 1170. The largest absolute Gasteiger partial charge is 0.449 e. The van der Waals surface area contributed by atoms with Gasteiger partial charge in [-0.05, 0) is 37.6 Å². The van der Waals surface area contributed by atoms with E-state index in [1.807, 2.05) is 26.0 Å². The minimum atomic E-state index is -3.52. The molecule has 1 amide bonds. The van der Waals surface area contributed by atoms with Crippen molar-refractivity contribution in [2.75, 3.05) is 13.1 Å². The Labute approximate surface area is 181 Å². The van der Waals surface area contributed by atoms with Crippen LogP contribution in [0.1, 0.15) is 48.5 Å². The molecule has 1 N–H and O–H groups in total. The smallest absolute Gasteiger partial charge is 0.287 e. The lowest BCUT2D eigenvalue weighted by Crippen LogP contribution is -2.30. The third-order valence-electron chi connectivity index (χ3n) is 5.19. The zero-order valence-corrected chi connectivity index (χ0v) is 19.0. The van der Waals surface area contributed by atoms with Crippen LogP contribution in [0.4, 0.5) is 0 Å². The number of sulfonamides is 1. The number of hydrogen-bond acceptors (Lipinski definition) is 4. The maximum Gasteiger partial charge on any atom is 0.287 e. The quantitative estimate of drug-likeness (QED) is 0.556. The summed E-state index contributed by atoms with van der Waals surface area (Å²) >= 11 is 6.17. The van der Waals surface area contributed by atoms with Gasteiger partial charge in [0.05, 0.1) is 16.0 Å². The maximum atomic E-state index is 12.8. The topological polar surface area (TPSA) is 79.6 Å². The van der Waals surface area contributed by atoms with Crippen LogP contribution in [0.3, 0.4) is 0 Å². The summed E-state index contributed by atoms with van der Waals surface area (Å²) in [5.74, 6) is -0.141. The molecule has 0 radical (unpaired) electrons. The van der Waals surface area contributed by atoms with Crippen molar-refractivity contribution in [2.24, 2.45) is 0 Å². The third kappa shape index (κ3) is 4.10. The average molecular weight is 449 g/mol. The van der Waals surface area contributed by atoms with Gasteiger partial charge in [0.1, 0.15) is 0 Å². The molecule has 0 aliphatic carbocycles. The Morgan fingerprint density at radius 1 is 1.13 bits per heavy atom. The molecular formula is C22H25ClN2O4S. The molecule has 1 atom stereocenters. The van der Waals surface area contributed by atoms with Crippen molar-refractivity contribution in [3.05, 3.63) is 64.4 Å². The summed E-state index contributed by atoms with van der Waals surface area (Å²) < 4.78 is 32.4. The molecule has 3 aromatic rings. The lowest BCUT2D eigenvalue weighted by molar-refractivity contribution is 0.0913. The molecule has 0 aliphatic rings. The van der Waals surface area contributed by atoms with Gasteiger partial charge in [-0.1, -0.05) is 49.7 Å². The van der Waals surface area contributed by atoms with Crippen LogP contribution < -0.4 is 5.32 Å². The zero-order chi connectivity index (χ0) is 22.1. The fraction of sp³-hybridized carbons (Fsp3) is 0.318. The summed E-state index contributed by atoms with van der Waals surface area (Å²) in [5, 5.41) is 4.15. The van der Waals surface area contributed by atoms with Crippen LogP contribution in [-0.2, 0) is 10.0 Å². The van der Waals surface area contributed by atoms with Gasteiger partial charge in [-0.2, -0.15) is 4.31 Å². The standard InChI is InChI=1S/C22H25ClN2O4S/c1-5-25(6-2)30(27,28)17-12-10-16(11-13-17)15(4)24-22(26)20-14(3)18-8-7-9-19(23)21(18)29-20/h7-13,15H,5-6H2,1-4H3,(H,24,26). The number of carbonyl (C=O) groups is 1. The normalized spacial score (nSPS) is 13.0. The molecule has 6 nitrogen and oxygen atoms in total. The number of furan rings is 1. The van der Waals surface area contributed by atoms with E-state index in [4.69, 9.17) is 16.0 Å².